The fourth-order valence-corrected chi connectivity index (χ4v) is 6.42. The molecule has 0 saturated carbocycles. The third-order valence-corrected chi connectivity index (χ3v) is 8.84. The summed E-state index contributed by atoms with van der Waals surface area (Å²) in [4.78, 5) is 12.9. The molecule has 5 nitrogen and oxygen atoms in total. The van der Waals surface area contributed by atoms with E-state index in [9.17, 15) is 18.5 Å². The Morgan fingerprint density at radius 2 is 1.93 bits per heavy atom. The largest absolute Gasteiger partial charge is 0.385 e. The minimum Gasteiger partial charge on any atom is -0.385 e. The van der Waals surface area contributed by atoms with Gasteiger partial charge in [-0.3, -0.25) is 4.79 Å². The van der Waals surface area contributed by atoms with Crippen molar-refractivity contribution in [2.24, 2.45) is 9.50 Å². The van der Waals surface area contributed by atoms with Crippen LogP contribution in [0.2, 0.25) is 0 Å². The lowest BCUT2D eigenvalue weighted by molar-refractivity contribution is -0.117. The Kier molecular flexibility index (Phi) is 4.73. The maximum atomic E-state index is 14.3. The zero-order valence-corrected chi connectivity index (χ0v) is 17.5. The predicted octanol–water partition coefficient (Wildman–Crippen LogP) is 3.17. The van der Waals surface area contributed by atoms with Gasteiger partial charge in [0, 0.05) is 4.88 Å². The molecule has 0 saturated heterocycles. The molecule has 8 heteroatoms. The highest BCUT2D eigenvalue weighted by Crippen LogP contribution is 2.37. The van der Waals surface area contributed by atoms with Crippen LogP contribution < -0.4 is 5.14 Å². The highest BCUT2D eigenvalue weighted by atomic mass is 32.2. The molecule has 1 heterocycles. The van der Waals surface area contributed by atoms with Crippen LogP contribution >= 0.6 is 11.3 Å². The molecule has 1 atom stereocenters. The van der Waals surface area contributed by atoms with Gasteiger partial charge in [0.2, 0.25) is 0 Å². The Hall–Kier alpha value is -1.61. The SMILES string of the molecule is CC(C)(O)c1cc(F)c(S(N)(=O)=NC(=O)Cc2c3c(cc4c2CC4)CCC3)s1. The molecule has 1 aromatic heterocycles. The summed E-state index contributed by atoms with van der Waals surface area (Å²) in [5, 5.41) is 15.8. The third kappa shape index (κ3) is 3.43. The average molecular weight is 423 g/mol. The second-order valence-electron chi connectivity index (χ2n) is 8.02. The van der Waals surface area contributed by atoms with E-state index >= 15 is 0 Å². The molecule has 2 aliphatic rings. The molecule has 3 N–H and O–H groups in total. The number of halogens is 1. The minimum atomic E-state index is -3.71. The quantitative estimate of drug-likeness (QED) is 0.793. The highest BCUT2D eigenvalue weighted by Gasteiger charge is 2.28. The van der Waals surface area contributed by atoms with Crippen LogP contribution in [0.3, 0.4) is 0 Å². The van der Waals surface area contributed by atoms with Crippen molar-refractivity contribution < 1.29 is 18.5 Å². The van der Waals surface area contributed by atoms with E-state index in [1.54, 1.807) is 0 Å². The van der Waals surface area contributed by atoms with Crippen molar-refractivity contribution >= 4 is 27.2 Å². The highest BCUT2D eigenvalue weighted by molar-refractivity contribution is 7.93. The number of aryl methyl sites for hydroxylation is 2. The van der Waals surface area contributed by atoms with E-state index in [4.69, 9.17) is 5.14 Å². The van der Waals surface area contributed by atoms with Crippen molar-refractivity contribution in [2.75, 3.05) is 0 Å². The summed E-state index contributed by atoms with van der Waals surface area (Å²) in [6.45, 7) is 2.99. The number of rotatable bonds is 4. The molecule has 1 aromatic carbocycles. The summed E-state index contributed by atoms with van der Waals surface area (Å²) >= 11 is 0.787. The first kappa shape index (κ1) is 19.7. The van der Waals surface area contributed by atoms with Crippen molar-refractivity contribution in [3.8, 4) is 0 Å². The van der Waals surface area contributed by atoms with Gasteiger partial charge in [0.25, 0.3) is 5.91 Å². The second-order valence-corrected chi connectivity index (χ2v) is 11.1. The number of fused-ring (bicyclic) bond motifs is 2. The standard InChI is InChI=1S/C20H23FN2O3S2/c1-20(2,25)17-10-16(21)19(27-17)28(22,26)23-18(24)9-15-13-5-3-4-11(13)8-12-6-7-14(12)15/h8,10,25H,3-7,9H2,1-2H3,(H2,22,23,24,26). The molecule has 0 spiro atoms. The predicted molar refractivity (Wildman–Crippen MR) is 107 cm³/mol. The van der Waals surface area contributed by atoms with Crippen molar-refractivity contribution in [2.45, 2.75) is 62.2 Å². The molecule has 1 amide bonds. The number of carbonyl (C=O) groups is 1. The molecule has 2 aliphatic carbocycles. The molecular weight excluding hydrogens is 399 g/mol. The fourth-order valence-electron chi connectivity index (χ4n) is 4.00. The van der Waals surface area contributed by atoms with Gasteiger partial charge in [-0.1, -0.05) is 6.07 Å². The van der Waals surface area contributed by atoms with E-state index in [-0.39, 0.29) is 15.5 Å². The van der Waals surface area contributed by atoms with Crippen molar-refractivity contribution in [1.82, 2.24) is 0 Å². The summed E-state index contributed by atoms with van der Waals surface area (Å²) in [6.07, 6.45) is 5.05. The Morgan fingerprint density at radius 1 is 1.25 bits per heavy atom. The molecule has 0 aliphatic heterocycles. The normalized spacial score (nSPS) is 17.5. The monoisotopic (exact) mass is 422 g/mol. The number of carbonyl (C=O) groups excluding carboxylic acids is 1. The van der Waals surface area contributed by atoms with Gasteiger partial charge in [0.15, 0.2) is 19.9 Å². The lowest BCUT2D eigenvalue weighted by Gasteiger charge is -2.25. The number of nitrogens with two attached hydrogens (primary N) is 1. The number of benzene rings is 1. The first-order valence-corrected chi connectivity index (χ1v) is 11.7. The van der Waals surface area contributed by atoms with Gasteiger partial charge in [0.05, 0.1) is 12.0 Å². The number of hydrogen-bond donors (Lipinski definition) is 2. The van der Waals surface area contributed by atoms with Crippen LogP contribution in [0.15, 0.2) is 20.7 Å². The number of amides is 1. The lowest BCUT2D eigenvalue weighted by Crippen LogP contribution is -2.19. The van der Waals surface area contributed by atoms with Crippen LogP contribution in [0.1, 0.15) is 53.0 Å². The van der Waals surface area contributed by atoms with E-state index < -0.39 is 27.2 Å². The first-order chi connectivity index (χ1) is 13.1. The number of thiophene rings is 1. The van der Waals surface area contributed by atoms with E-state index in [1.807, 2.05) is 0 Å². The van der Waals surface area contributed by atoms with Crippen LogP contribution in [0.4, 0.5) is 4.39 Å². The molecule has 0 bridgehead atoms. The summed E-state index contributed by atoms with van der Waals surface area (Å²) in [5.74, 6) is -1.41. The van der Waals surface area contributed by atoms with Crippen LogP contribution in [0, 0.1) is 5.82 Å². The zero-order valence-electron chi connectivity index (χ0n) is 15.9. The molecular formula is C20H23FN2O3S2. The van der Waals surface area contributed by atoms with E-state index in [2.05, 4.69) is 10.4 Å². The van der Waals surface area contributed by atoms with Gasteiger partial charge in [-0.25, -0.2) is 13.7 Å². The smallest absolute Gasteiger partial charge is 0.259 e. The van der Waals surface area contributed by atoms with Gasteiger partial charge in [-0.15, -0.1) is 15.7 Å². The molecule has 0 fully saturated rings. The fraction of sp³-hybridized carbons (Fsp3) is 0.450. The van der Waals surface area contributed by atoms with Crippen molar-refractivity contribution in [3.05, 3.63) is 50.6 Å². The number of nitrogens with zero attached hydrogens (tertiary/aromatic N) is 1. The molecule has 28 heavy (non-hydrogen) atoms. The molecule has 4 rings (SSSR count). The topological polar surface area (TPSA) is 92.8 Å². The number of hydrogen-bond acceptors (Lipinski definition) is 4. The summed E-state index contributed by atoms with van der Waals surface area (Å²) in [6, 6.07) is 3.34. The second kappa shape index (κ2) is 6.73. The maximum absolute atomic E-state index is 14.3. The summed E-state index contributed by atoms with van der Waals surface area (Å²) in [5.41, 5.74) is 4.72. The maximum Gasteiger partial charge on any atom is 0.259 e. The zero-order chi connectivity index (χ0) is 20.3. The van der Waals surface area contributed by atoms with Crippen molar-refractivity contribution in [3.63, 3.8) is 0 Å². The molecule has 0 radical (unpaired) electrons. The van der Waals surface area contributed by atoms with Gasteiger partial charge >= 0.3 is 0 Å². The van der Waals surface area contributed by atoms with Crippen molar-refractivity contribution in [1.29, 1.82) is 0 Å². The Labute approximate surface area is 168 Å². The molecule has 2 aromatic rings. The first-order valence-electron chi connectivity index (χ1n) is 9.31. The lowest BCUT2D eigenvalue weighted by atomic mass is 9.80. The van der Waals surface area contributed by atoms with Crippen LogP contribution in [-0.4, -0.2) is 15.2 Å². The average Bonchev–Trinajstić information content (AvgIpc) is 3.15. The number of aliphatic hydroxyl groups is 1. The van der Waals surface area contributed by atoms with Gasteiger partial charge in [-0.2, -0.15) is 0 Å². The van der Waals surface area contributed by atoms with Gasteiger partial charge in [-0.05, 0) is 79.8 Å². The van der Waals surface area contributed by atoms with E-state index in [0.29, 0.717) is 0 Å². The van der Waals surface area contributed by atoms with Crippen LogP contribution in [0.25, 0.3) is 0 Å². The molecule has 150 valence electrons. The molecule has 1 unspecified atom stereocenters. The minimum absolute atomic E-state index is 0.0467. The van der Waals surface area contributed by atoms with Crippen LogP contribution in [0.5, 0.6) is 0 Å². The van der Waals surface area contributed by atoms with Gasteiger partial charge in [0.1, 0.15) is 0 Å². The van der Waals surface area contributed by atoms with Gasteiger partial charge < -0.3 is 5.11 Å². The van der Waals surface area contributed by atoms with Crippen LogP contribution in [-0.2, 0) is 52.4 Å². The van der Waals surface area contributed by atoms with E-state index in [1.165, 1.54) is 36.1 Å². The summed E-state index contributed by atoms with van der Waals surface area (Å²) < 4.78 is 30.5. The Balaban J connectivity index is 1.66. The Bertz CT molecular complexity index is 1110. The third-order valence-electron chi connectivity index (χ3n) is 5.46. The van der Waals surface area contributed by atoms with E-state index in [0.717, 1.165) is 55.1 Å². The summed E-state index contributed by atoms with van der Waals surface area (Å²) in [7, 11) is -3.71. The Morgan fingerprint density at radius 3 is 2.54 bits per heavy atom.